The van der Waals surface area contributed by atoms with Gasteiger partial charge >= 0.3 is 5.97 Å². The lowest BCUT2D eigenvalue weighted by molar-refractivity contribution is -0.138. The Kier molecular flexibility index (Phi) is 1.83. The quantitative estimate of drug-likeness (QED) is 0.646. The normalized spacial score (nSPS) is 45.1. The van der Waals surface area contributed by atoms with Crippen molar-refractivity contribution >= 4 is 5.97 Å². The van der Waals surface area contributed by atoms with E-state index in [0.717, 1.165) is 19.3 Å². The van der Waals surface area contributed by atoms with Crippen molar-refractivity contribution in [3.8, 4) is 0 Å². The summed E-state index contributed by atoms with van der Waals surface area (Å²) in [6.45, 7) is 0. The van der Waals surface area contributed by atoms with Crippen LogP contribution in [0.1, 0.15) is 25.7 Å². The van der Waals surface area contributed by atoms with Crippen LogP contribution in [0.5, 0.6) is 0 Å². The van der Waals surface area contributed by atoms with Gasteiger partial charge in [0, 0.05) is 6.42 Å². The molecule has 0 unspecified atom stereocenters. The van der Waals surface area contributed by atoms with Gasteiger partial charge in [-0.3, -0.25) is 4.79 Å². The van der Waals surface area contributed by atoms with Crippen LogP contribution in [0.2, 0.25) is 0 Å². The van der Waals surface area contributed by atoms with Gasteiger partial charge in [-0.2, -0.15) is 0 Å². The van der Waals surface area contributed by atoms with Crippen molar-refractivity contribution in [2.75, 3.05) is 0 Å². The molecule has 68 valence electrons. The van der Waals surface area contributed by atoms with Gasteiger partial charge in [0.1, 0.15) is 0 Å². The van der Waals surface area contributed by atoms with E-state index < -0.39 is 5.97 Å². The van der Waals surface area contributed by atoms with Crippen LogP contribution in [-0.2, 0) is 4.79 Å². The van der Waals surface area contributed by atoms with Gasteiger partial charge in [-0.1, -0.05) is 0 Å². The number of fused-ring (bicyclic) bond motifs is 2. The van der Waals surface area contributed by atoms with E-state index in [4.69, 9.17) is 5.11 Å². The minimum atomic E-state index is -0.717. The van der Waals surface area contributed by atoms with Crippen molar-refractivity contribution in [3.63, 3.8) is 0 Å². The third-order valence-electron chi connectivity index (χ3n) is 3.48. The first-order valence-corrected chi connectivity index (χ1v) is 4.58. The lowest BCUT2D eigenvalue weighted by Gasteiger charge is -2.15. The van der Waals surface area contributed by atoms with E-state index >= 15 is 0 Å². The highest BCUT2D eigenvalue weighted by molar-refractivity contribution is 5.67. The van der Waals surface area contributed by atoms with Crippen LogP contribution < -0.4 is 0 Å². The molecule has 2 saturated carbocycles. The van der Waals surface area contributed by atoms with Gasteiger partial charge in [0.2, 0.25) is 0 Å². The number of carbonyl (C=O) groups is 1. The minimum Gasteiger partial charge on any atom is -0.481 e. The Hall–Kier alpha value is -0.570. The average molecular weight is 170 g/mol. The molecule has 0 aromatic heterocycles. The van der Waals surface area contributed by atoms with E-state index in [9.17, 15) is 9.90 Å². The third kappa shape index (κ3) is 1.12. The van der Waals surface area contributed by atoms with E-state index in [1.54, 1.807) is 0 Å². The van der Waals surface area contributed by atoms with Crippen molar-refractivity contribution < 1.29 is 15.0 Å². The summed E-state index contributed by atoms with van der Waals surface area (Å²) < 4.78 is 0. The molecule has 0 amide bonds. The van der Waals surface area contributed by atoms with Crippen LogP contribution in [0, 0.1) is 17.8 Å². The van der Waals surface area contributed by atoms with Crippen LogP contribution in [0.25, 0.3) is 0 Å². The summed E-state index contributed by atoms with van der Waals surface area (Å²) in [5.41, 5.74) is 0. The van der Waals surface area contributed by atoms with Gasteiger partial charge in [-0.05, 0) is 37.0 Å². The lowest BCUT2D eigenvalue weighted by Crippen LogP contribution is -2.18. The molecule has 2 N–H and O–H groups in total. The second kappa shape index (κ2) is 2.73. The van der Waals surface area contributed by atoms with Crippen molar-refractivity contribution in [1.82, 2.24) is 0 Å². The number of hydrogen-bond donors (Lipinski definition) is 2. The molecule has 0 heterocycles. The topological polar surface area (TPSA) is 57.5 Å². The Morgan fingerprint density at radius 1 is 1.42 bits per heavy atom. The molecule has 0 spiro atoms. The Morgan fingerprint density at radius 3 is 2.58 bits per heavy atom. The van der Waals surface area contributed by atoms with Crippen LogP contribution in [-0.4, -0.2) is 22.3 Å². The Labute approximate surface area is 71.4 Å². The molecule has 0 aromatic carbocycles. The predicted octanol–water partition coefficient (Wildman–Crippen LogP) is 0.868. The van der Waals surface area contributed by atoms with Crippen LogP contribution >= 0.6 is 0 Å². The van der Waals surface area contributed by atoms with Gasteiger partial charge < -0.3 is 10.2 Å². The van der Waals surface area contributed by atoms with Crippen molar-refractivity contribution in [1.29, 1.82) is 0 Å². The molecule has 2 rings (SSSR count). The molecule has 12 heavy (non-hydrogen) atoms. The summed E-state index contributed by atoms with van der Waals surface area (Å²) >= 11 is 0. The highest BCUT2D eigenvalue weighted by Crippen LogP contribution is 2.50. The minimum absolute atomic E-state index is 0.215. The second-order valence-corrected chi connectivity index (χ2v) is 4.07. The van der Waals surface area contributed by atoms with Gasteiger partial charge in [-0.15, -0.1) is 0 Å². The predicted molar refractivity (Wildman–Crippen MR) is 42.6 cm³/mol. The van der Waals surface area contributed by atoms with Crippen LogP contribution in [0.4, 0.5) is 0 Å². The number of carboxylic acids is 1. The molecule has 0 aliphatic heterocycles. The Bertz CT molecular complexity index is 202. The summed E-state index contributed by atoms with van der Waals surface area (Å²) in [7, 11) is 0. The molecule has 0 radical (unpaired) electrons. The lowest BCUT2D eigenvalue weighted by atomic mass is 9.94. The number of carboxylic acid groups (broad SMARTS) is 1. The first-order valence-electron chi connectivity index (χ1n) is 4.58. The maximum Gasteiger partial charge on any atom is 0.303 e. The van der Waals surface area contributed by atoms with E-state index in [0.29, 0.717) is 5.92 Å². The smallest absolute Gasteiger partial charge is 0.303 e. The fourth-order valence-electron chi connectivity index (χ4n) is 2.96. The molecule has 2 fully saturated rings. The molecular formula is C9H14O3. The van der Waals surface area contributed by atoms with Crippen molar-refractivity contribution in [2.45, 2.75) is 31.8 Å². The molecule has 4 atom stereocenters. The van der Waals surface area contributed by atoms with Gasteiger partial charge in [-0.25, -0.2) is 0 Å². The summed E-state index contributed by atoms with van der Waals surface area (Å²) in [4.78, 5) is 10.5. The third-order valence-corrected chi connectivity index (χ3v) is 3.48. The number of aliphatic hydroxyl groups excluding tert-OH is 1. The largest absolute Gasteiger partial charge is 0.481 e. The van der Waals surface area contributed by atoms with E-state index in [1.165, 1.54) is 0 Å². The molecular weight excluding hydrogens is 156 g/mol. The van der Waals surface area contributed by atoms with Crippen molar-refractivity contribution in [2.24, 2.45) is 17.8 Å². The van der Waals surface area contributed by atoms with Gasteiger partial charge in [0.05, 0.1) is 6.10 Å². The summed E-state index contributed by atoms with van der Waals surface area (Å²) in [5, 5.41) is 18.2. The van der Waals surface area contributed by atoms with E-state index in [1.807, 2.05) is 0 Å². The summed E-state index contributed by atoms with van der Waals surface area (Å²) in [5.74, 6) is 0.315. The molecule has 2 bridgehead atoms. The molecule has 0 saturated heterocycles. The molecule has 0 aromatic rings. The van der Waals surface area contributed by atoms with Crippen LogP contribution in [0.3, 0.4) is 0 Å². The van der Waals surface area contributed by atoms with E-state index in [-0.39, 0.29) is 24.4 Å². The molecule has 3 nitrogen and oxygen atoms in total. The van der Waals surface area contributed by atoms with E-state index in [2.05, 4.69) is 0 Å². The fourth-order valence-corrected chi connectivity index (χ4v) is 2.96. The monoisotopic (exact) mass is 170 g/mol. The average Bonchev–Trinajstić information content (AvgIpc) is 2.44. The first kappa shape index (κ1) is 8.05. The van der Waals surface area contributed by atoms with Gasteiger partial charge in [0.15, 0.2) is 0 Å². The SMILES string of the molecule is O=C(O)C[C@@H]1[C@H]2CC[C@@H]1[C@H](O)C2. The van der Waals surface area contributed by atoms with Gasteiger partial charge in [0.25, 0.3) is 0 Å². The Balaban J connectivity index is 2.03. The summed E-state index contributed by atoms with van der Waals surface area (Å²) in [6, 6.07) is 0. The highest BCUT2D eigenvalue weighted by atomic mass is 16.4. The first-order chi connectivity index (χ1) is 5.68. The number of hydrogen-bond acceptors (Lipinski definition) is 2. The zero-order chi connectivity index (χ0) is 8.72. The molecule has 2 aliphatic rings. The zero-order valence-corrected chi connectivity index (χ0v) is 6.94. The maximum atomic E-state index is 10.5. The standard InChI is InChI=1S/C9H14O3/c10-8-3-5-1-2-6(8)7(5)4-9(11)12/h5-8,10H,1-4H2,(H,11,12)/t5-,6-,7+,8+/m0/s1. The number of aliphatic carboxylic acids is 1. The molecule has 2 aliphatic carbocycles. The van der Waals surface area contributed by atoms with Crippen LogP contribution in [0.15, 0.2) is 0 Å². The number of aliphatic hydroxyl groups is 1. The van der Waals surface area contributed by atoms with Crippen molar-refractivity contribution in [3.05, 3.63) is 0 Å². The highest BCUT2D eigenvalue weighted by Gasteiger charge is 2.47. The summed E-state index contributed by atoms with van der Waals surface area (Å²) in [6.07, 6.45) is 3.03. The second-order valence-electron chi connectivity index (χ2n) is 4.07. The molecule has 3 heteroatoms. The fraction of sp³-hybridized carbons (Fsp3) is 0.889. The maximum absolute atomic E-state index is 10.5. The number of rotatable bonds is 2. The zero-order valence-electron chi connectivity index (χ0n) is 6.94. The Morgan fingerprint density at radius 2 is 2.17 bits per heavy atom.